The van der Waals surface area contributed by atoms with Crippen molar-refractivity contribution in [3.8, 4) is 5.75 Å². The molecule has 2 fully saturated rings. The van der Waals surface area contributed by atoms with E-state index in [0.29, 0.717) is 37.4 Å². The summed E-state index contributed by atoms with van der Waals surface area (Å²) in [4.78, 5) is 28.0. The number of para-hydroxylation sites is 1. The first-order valence-electron chi connectivity index (χ1n) is 11.1. The third kappa shape index (κ3) is 4.29. The molecule has 1 saturated carbocycles. The first kappa shape index (κ1) is 21.3. The van der Waals surface area contributed by atoms with E-state index in [-0.39, 0.29) is 23.0 Å². The molecule has 2 amide bonds. The largest absolute Gasteiger partial charge is 0.493 e. The Kier molecular flexibility index (Phi) is 6.25. The maximum atomic E-state index is 13.3. The second-order valence-electron chi connectivity index (χ2n) is 8.44. The lowest BCUT2D eigenvalue weighted by Gasteiger charge is -2.43. The summed E-state index contributed by atoms with van der Waals surface area (Å²) in [5, 5.41) is 3.10. The van der Waals surface area contributed by atoms with Gasteiger partial charge in [0.05, 0.1) is 12.2 Å². The maximum Gasteiger partial charge on any atom is 0.258 e. The summed E-state index contributed by atoms with van der Waals surface area (Å²) in [5.41, 5.74) is 1.41. The van der Waals surface area contributed by atoms with Crippen molar-refractivity contribution in [2.75, 3.05) is 19.7 Å². The molecular weight excluding hydrogens is 395 g/mol. The highest BCUT2D eigenvalue weighted by atomic mass is 19.1. The lowest BCUT2D eigenvalue weighted by Crippen LogP contribution is -2.51. The van der Waals surface area contributed by atoms with Gasteiger partial charge in [0.2, 0.25) is 5.91 Å². The minimum absolute atomic E-state index is 0.117. The summed E-state index contributed by atoms with van der Waals surface area (Å²) >= 11 is 0. The van der Waals surface area contributed by atoms with Crippen LogP contribution in [0.4, 0.5) is 4.39 Å². The van der Waals surface area contributed by atoms with Crippen LogP contribution in [-0.4, -0.2) is 42.5 Å². The number of rotatable bonds is 7. The highest BCUT2D eigenvalue weighted by Gasteiger charge is 2.41. The van der Waals surface area contributed by atoms with Crippen molar-refractivity contribution in [2.24, 2.45) is 0 Å². The number of carbonyl (C=O) groups excluding carboxylic acids is 2. The van der Waals surface area contributed by atoms with Crippen LogP contribution in [0.2, 0.25) is 0 Å². The van der Waals surface area contributed by atoms with Crippen LogP contribution in [0.5, 0.6) is 5.75 Å². The number of hydrogen-bond acceptors (Lipinski definition) is 3. The summed E-state index contributed by atoms with van der Waals surface area (Å²) in [5.74, 6) is 0.00668. The summed E-state index contributed by atoms with van der Waals surface area (Å²) in [6.45, 7) is 3.41. The van der Waals surface area contributed by atoms with Gasteiger partial charge in [-0.05, 0) is 62.4 Å². The molecule has 2 aromatic rings. The van der Waals surface area contributed by atoms with Gasteiger partial charge in [0.15, 0.2) is 0 Å². The Hall–Kier alpha value is -2.89. The van der Waals surface area contributed by atoms with Crippen molar-refractivity contribution in [1.29, 1.82) is 0 Å². The lowest BCUT2D eigenvalue weighted by molar-refractivity contribution is -0.125. The van der Waals surface area contributed by atoms with Crippen LogP contribution >= 0.6 is 0 Å². The van der Waals surface area contributed by atoms with Gasteiger partial charge in [-0.1, -0.05) is 30.7 Å². The van der Waals surface area contributed by atoms with Gasteiger partial charge in [-0.15, -0.1) is 0 Å². The fourth-order valence-corrected chi connectivity index (χ4v) is 4.71. The Morgan fingerprint density at radius 2 is 1.87 bits per heavy atom. The molecule has 0 radical (unpaired) electrons. The fraction of sp³-hybridized carbons (Fsp3) is 0.440. The molecule has 1 aliphatic carbocycles. The molecule has 2 aromatic carbocycles. The molecule has 1 heterocycles. The molecule has 1 N–H and O–H groups in total. The normalized spacial score (nSPS) is 19.5. The van der Waals surface area contributed by atoms with Crippen LogP contribution in [-0.2, 0) is 10.2 Å². The Labute approximate surface area is 182 Å². The van der Waals surface area contributed by atoms with E-state index in [4.69, 9.17) is 4.74 Å². The second-order valence-corrected chi connectivity index (χ2v) is 8.44. The van der Waals surface area contributed by atoms with E-state index in [2.05, 4.69) is 5.32 Å². The lowest BCUT2D eigenvalue weighted by atomic mass is 9.64. The minimum atomic E-state index is -0.479. The Morgan fingerprint density at radius 1 is 1.13 bits per heavy atom. The molecule has 164 valence electrons. The van der Waals surface area contributed by atoms with Crippen molar-refractivity contribution in [1.82, 2.24) is 10.2 Å². The average Bonchev–Trinajstić information content (AvgIpc) is 3.24. The number of ether oxygens (including phenoxy) is 1. The van der Waals surface area contributed by atoms with E-state index in [1.165, 1.54) is 12.1 Å². The van der Waals surface area contributed by atoms with Crippen molar-refractivity contribution in [2.45, 2.75) is 50.5 Å². The van der Waals surface area contributed by atoms with Crippen molar-refractivity contribution in [3.05, 3.63) is 65.5 Å². The quantitative estimate of drug-likeness (QED) is 0.729. The monoisotopic (exact) mass is 424 g/mol. The molecule has 4 rings (SSSR count). The van der Waals surface area contributed by atoms with Crippen LogP contribution in [0.15, 0.2) is 48.5 Å². The highest BCUT2D eigenvalue weighted by molar-refractivity contribution is 6.00. The number of nitrogens with one attached hydrogen (secondary N) is 1. The van der Waals surface area contributed by atoms with Gasteiger partial charge in [0.1, 0.15) is 17.6 Å². The van der Waals surface area contributed by atoms with E-state index < -0.39 is 6.04 Å². The first-order valence-corrected chi connectivity index (χ1v) is 11.1. The van der Waals surface area contributed by atoms with Gasteiger partial charge in [0, 0.05) is 18.5 Å². The summed E-state index contributed by atoms with van der Waals surface area (Å²) in [6, 6.07) is 13.3. The topological polar surface area (TPSA) is 58.6 Å². The van der Waals surface area contributed by atoms with Crippen LogP contribution in [0.1, 0.15) is 54.9 Å². The summed E-state index contributed by atoms with van der Waals surface area (Å²) in [6.07, 6.45) is 4.47. The van der Waals surface area contributed by atoms with Gasteiger partial charge in [-0.3, -0.25) is 9.59 Å². The van der Waals surface area contributed by atoms with Crippen LogP contribution in [0.3, 0.4) is 0 Å². The number of hydrogen-bond donors (Lipinski definition) is 1. The predicted molar refractivity (Wildman–Crippen MR) is 117 cm³/mol. The van der Waals surface area contributed by atoms with Gasteiger partial charge in [-0.25, -0.2) is 4.39 Å². The summed E-state index contributed by atoms with van der Waals surface area (Å²) in [7, 11) is 0. The molecule has 1 saturated heterocycles. The molecule has 5 nitrogen and oxygen atoms in total. The Morgan fingerprint density at radius 3 is 2.55 bits per heavy atom. The third-order valence-corrected chi connectivity index (χ3v) is 6.60. The van der Waals surface area contributed by atoms with Crippen LogP contribution < -0.4 is 10.1 Å². The number of amides is 2. The van der Waals surface area contributed by atoms with E-state index >= 15 is 0 Å². The number of halogens is 1. The van der Waals surface area contributed by atoms with Gasteiger partial charge in [0.25, 0.3) is 5.91 Å². The molecular formula is C25H29FN2O3. The first-order chi connectivity index (χ1) is 15.0. The maximum absolute atomic E-state index is 13.3. The number of benzene rings is 2. The van der Waals surface area contributed by atoms with Crippen molar-refractivity contribution in [3.63, 3.8) is 0 Å². The average molecular weight is 425 g/mol. The molecule has 0 bridgehead atoms. The smallest absolute Gasteiger partial charge is 0.258 e. The third-order valence-electron chi connectivity index (χ3n) is 6.60. The number of carbonyl (C=O) groups is 2. The Bertz CT molecular complexity index is 940. The van der Waals surface area contributed by atoms with E-state index in [1.807, 2.05) is 31.2 Å². The van der Waals surface area contributed by atoms with Crippen molar-refractivity contribution < 1.29 is 18.7 Å². The zero-order valence-corrected chi connectivity index (χ0v) is 17.9. The number of likely N-dealkylation sites (tertiary alicyclic amines) is 1. The standard InChI is InChI=1S/C25H29FN2O3/c1-2-31-22-9-4-3-7-20(22)24(30)28-16-5-8-21(28)23(29)27-17-25(14-6-15-25)18-10-12-19(26)13-11-18/h3-4,7,9-13,21H,2,5-6,8,14-17H2,1H3,(H,27,29). The van der Waals surface area contributed by atoms with E-state index in [0.717, 1.165) is 31.2 Å². The SMILES string of the molecule is CCOc1ccccc1C(=O)N1CCCC1C(=O)NCC1(c2ccc(F)cc2)CCC1. The molecule has 31 heavy (non-hydrogen) atoms. The zero-order valence-electron chi connectivity index (χ0n) is 17.9. The van der Waals surface area contributed by atoms with E-state index in [9.17, 15) is 14.0 Å². The van der Waals surface area contributed by atoms with Crippen LogP contribution in [0.25, 0.3) is 0 Å². The minimum Gasteiger partial charge on any atom is -0.493 e. The molecule has 1 aliphatic heterocycles. The van der Waals surface area contributed by atoms with Gasteiger partial charge < -0.3 is 15.0 Å². The zero-order chi connectivity index (χ0) is 21.8. The van der Waals surface area contributed by atoms with Gasteiger partial charge >= 0.3 is 0 Å². The van der Waals surface area contributed by atoms with Crippen molar-refractivity contribution >= 4 is 11.8 Å². The Balaban J connectivity index is 1.45. The molecule has 1 unspecified atom stereocenters. The molecule has 2 aliphatic rings. The molecule has 0 aromatic heterocycles. The predicted octanol–water partition coefficient (Wildman–Crippen LogP) is 4.07. The summed E-state index contributed by atoms with van der Waals surface area (Å²) < 4.78 is 18.9. The molecule has 0 spiro atoms. The fourth-order valence-electron chi connectivity index (χ4n) is 4.71. The number of nitrogens with zero attached hydrogens (tertiary/aromatic N) is 1. The van der Waals surface area contributed by atoms with Gasteiger partial charge in [-0.2, -0.15) is 0 Å². The highest BCUT2D eigenvalue weighted by Crippen LogP contribution is 2.43. The molecule has 6 heteroatoms. The van der Waals surface area contributed by atoms with Crippen LogP contribution in [0, 0.1) is 5.82 Å². The molecule has 1 atom stereocenters. The van der Waals surface area contributed by atoms with E-state index in [1.54, 1.807) is 17.0 Å². The second kappa shape index (κ2) is 9.08.